The molecule has 38 heavy (non-hydrogen) atoms. The number of aromatic nitrogens is 7. The molecule has 0 bridgehead atoms. The number of halogens is 1. The standard InChI is InChI=1S/C24H21FN8O5/c1-12-28-20(32-38-12)13-4-6-14(7-5-13)29-19(16-10-15(36-2)11-17(37-3)18(16)25)21-30-24(35)33(31-21)22-23(34)27-9-8-26-22/h4-11,19,29H,1-3H3,(H,27,34)(H,30,31,35). The summed E-state index contributed by atoms with van der Waals surface area (Å²) in [5.41, 5.74) is -0.0563. The zero-order chi connectivity index (χ0) is 26.8. The van der Waals surface area contributed by atoms with Gasteiger partial charge in [0.15, 0.2) is 17.4 Å². The van der Waals surface area contributed by atoms with E-state index in [1.807, 2.05) is 0 Å². The summed E-state index contributed by atoms with van der Waals surface area (Å²) in [5.74, 6) is 0.145. The van der Waals surface area contributed by atoms with Gasteiger partial charge in [-0.25, -0.2) is 14.2 Å². The van der Waals surface area contributed by atoms with Gasteiger partial charge >= 0.3 is 5.69 Å². The SMILES string of the molecule is COc1cc(OC)c(F)c(C(Nc2ccc(-c3noc(C)n3)cc2)c2nn(-c3ncc[nH]c3=O)c(=O)[nH]2)c1. The first kappa shape index (κ1) is 24.4. The Bertz CT molecular complexity index is 1710. The smallest absolute Gasteiger partial charge is 0.349 e. The average molecular weight is 520 g/mol. The molecule has 2 aromatic carbocycles. The molecule has 13 nitrogen and oxygen atoms in total. The Kier molecular flexibility index (Phi) is 6.43. The molecule has 0 saturated carbocycles. The summed E-state index contributed by atoms with van der Waals surface area (Å²) in [6.07, 6.45) is 2.64. The van der Waals surface area contributed by atoms with E-state index in [1.165, 1.54) is 38.7 Å². The highest BCUT2D eigenvalue weighted by molar-refractivity contribution is 5.60. The monoisotopic (exact) mass is 520 g/mol. The largest absolute Gasteiger partial charge is 0.497 e. The van der Waals surface area contributed by atoms with E-state index < -0.39 is 23.1 Å². The van der Waals surface area contributed by atoms with Crippen LogP contribution in [0.4, 0.5) is 10.1 Å². The molecule has 0 aliphatic rings. The molecule has 0 fully saturated rings. The van der Waals surface area contributed by atoms with E-state index in [-0.39, 0.29) is 23.0 Å². The summed E-state index contributed by atoms with van der Waals surface area (Å²) in [6, 6.07) is 8.75. The molecule has 0 amide bonds. The Morgan fingerprint density at radius 3 is 2.58 bits per heavy atom. The molecule has 1 atom stereocenters. The van der Waals surface area contributed by atoms with Crippen molar-refractivity contribution >= 4 is 5.69 Å². The Balaban J connectivity index is 1.60. The van der Waals surface area contributed by atoms with Crippen molar-refractivity contribution in [1.82, 2.24) is 34.9 Å². The van der Waals surface area contributed by atoms with Crippen molar-refractivity contribution in [3.05, 3.63) is 92.7 Å². The van der Waals surface area contributed by atoms with Gasteiger partial charge < -0.3 is 24.3 Å². The fourth-order valence-electron chi connectivity index (χ4n) is 3.77. The topological polar surface area (TPSA) is 166 Å². The molecule has 5 rings (SSSR count). The number of nitrogens with zero attached hydrogens (tertiary/aromatic N) is 5. The van der Waals surface area contributed by atoms with Gasteiger partial charge in [-0.05, 0) is 30.3 Å². The van der Waals surface area contributed by atoms with Crippen LogP contribution in [0.5, 0.6) is 11.5 Å². The molecule has 5 aromatic rings. The lowest BCUT2D eigenvalue weighted by molar-refractivity contribution is 0.370. The van der Waals surface area contributed by atoms with Crippen molar-refractivity contribution in [2.75, 3.05) is 19.5 Å². The van der Waals surface area contributed by atoms with E-state index in [4.69, 9.17) is 14.0 Å². The molecule has 0 spiro atoms. The van der Waals surface area contributed by atoms with Crippen LogP contribution < -0.4 is 26.0 Å². The summed E-state index contributed by atoms with van der Waals surface area (Å²) in [5, 5.41) is 11.3. The van der Waals surface area contributed by atoms with Crippen LogP contribution in [0.15, 0.2) is 62.9 Å². The van der Waals surface area contributed by atoms with Crippen LogP contribution in [0.2, 0.25) is 0 Å². The van der Waals surface area contributed by atoms with Crippen molar-refractivity contribution in [2.45, 2.75) is 13.0 Å². The van der Waals surface area contributed by atoms with Crippen molar-refractivity contribution in [3.63, 3.8) is 0 Å². The summed E-state index contributed by atoms with van der Waals surface area (Å²) < 4.78 is 31.9. The lowest BCUT2D eigenvalue weighted by atomic mass is 10.0. The molecular formula is C24H21FN8O5. The van der Waals surface area contributed by atoms with Gasteiger partial charge in [0.2, 0.25) is 17.5 Å². The third-order valence-corrected chi connectivity index (χ3v) is 5.59. The van der Waals surface area contributed by atoms with Gasteiger partial charge in [0.25, 0.3) is 5.56 Å². The van der Waals surface area contributed by atoms with Gasteiger partial charge in [-0.1, -0.05) is 5.16 Å². The van der Waals surface area contributed by atoms with Crippen molar-refractivity contribution in [2.24, 2.45) is 0 Å². The fraction of sp³-hybridized carbons (Fsp3) is 0.167. The number of hydrogen-bond acceptors (Lipinski definition) is 10. The lowest BCUT2D eigenvalue weighted by Gasteiger charge is -2.20. The fourth-order valence-corrected chi connectivity index (χ4v) is 3.77. The quantitative estimate of drug-likeness (QED) is 0.276. The van der Waals surface area contributed by atoms with Gasteiger partial charge in [-0.15, -0.1) is 5.10 Å². The second kappa shape index (κ2) is 10.0. The predicted octanol–water partition coefficient (Wildman–Crippen LogP) is 2.36. The third-order valence-electron chi connectivity index (χ3n) is 5.59. The normalized spacial score (nSPS) is 11.8. The number of nitrogens with one attached hydrogen (secondary N) is 3. The maximum Gasteiger partial charge on any atom is 0.349 e. The number of aryl methyl sites for hydroxylation is 1. The first-order chi connectivity index (χ1) is 18.4. The van der Waals surface area contributed by atoms with Crippen LogP contribution in [0.1, 0.15) is 23.3 Å². The molecule has 194 valence electrons. The van der Waals surface area contributed by atoms with Crippen molar-refractivity contribution < 1.29 is 18.4 Å². The highest BCUT2D eigenvalue weighted by Crippen LogP contribution is 2.35. The van der Waals surface area contributed by atoms with Crippen LogP contribution in [0, 0.1) is 12.7 Å². The summed E-state index contributed by atoms with van der Waals surface area (Å²) in [6.45, 7) is 1.69. The molecular weight excluding hydrogens is 499 g/mol. The molecule has 0 aliphatic heterocycles. The number of hydrogen-bond donors (Lipinski definition) is 3. The average Bonchev–Trinajstić information content (AvgIpc) is 3.53. The number of ether oxygens (including phenoxy) is 2. The van der Waals surface area contributed by atoms with E-state index in [9.17, 15) is 9.59 Å². The van der Waals surface area contributed by atoms with E-state index >= 15 is 4.39 Å². The van der Waals surface area contributed by atoms with Crippen molar-refractivity contribution in [3.8, 4) is 28.7 Å². The number of benzene rings is 2. The van der Waals surface area contributed by atoms with Crippen molar-refractivity contribution in [1.29, 1.82) is 0 Å². The van der Waals surface area contributed by atoms with Gasteiger partial charge in [0, 0.05) is 42.2 Å². The molecule has 3 aromatic heterocycles. The minimum atomic E-state index is -1.05. The Hall–Kier alpha value is -5.27. The van der Waals surface area contributed by atoms with Gasteiger partial charge in [0.05, 0.1) is 14.2 Å². The number of anilines is 1. The van der Waals surface area contributed by atoms with Crippen LogP contribution in [0.3, 0.4) is 0 Å². The number of methoxy groups -OCH3 is 2. The van der Waals surface area contributed by atoms with E-state index in [0.29, 0.717) is 28.7 Å². The molecule has 0 aliphatic carbocycles. The maximum atomic E-state index is 15.6. The molecule has 1 unspecified atom stereocenters. The second-order valence-corrected chi connectivity index (χ2v) is 7.99. The number of aromatic amines is 2. The van der Waals surface area contributed by atoms with Crippen LogP contribution in [-0.2, 0) is 0 Å². The summed E-state index contributed by atoms with van der Waals surface area (Å²) in [4.78, 5) is 38.2. The van der Waals surface area contributed by atoms with Gasteiger partial charge in [-0.3, -0.25) is 9.78 Å². The highest BCUT2D eigenvalue weighted by atomic mass is 19.1. The summed E-state index contributed by atoms with van der Waals surface area (Å²) in [7, 11) is 2.76. The van der Waals surface area contributed by atoms with Gasteiger partial charge in [0.1, 0.15) is 11.8 Å². The molecule has 3 N–H and O–H groups in total. The van der Waals surface area contributed by atoms with Crippen LogP contribution >= 0.6 is 0 Å². The Labute approximate surface area is 213 Å². The summed E-state index contributed by atoms with van der Waals surface area (Å²) >= 11 is 0. The second-order valence-electron chi connectivity index (χ2n) is 7.99. The molecule has 3 heterocycles. The third kappa shape index (κ3) is 4.61. The lowest BCUT2D eigenvalue weighted by Crippen LogP contribution is -2.25. The molecule has 14 heteroatoms. The maximum absolute atomic E-state index is 15.6. The van der Waals surface area contributed by atoms with E-state index in [1.54, 1.807) is 31.2 Å². The Morgan fingerprint density at radius 2 is 1.92 bits per heavy atom. The Morgan fingerprint density at radius 1 is 1.13 bits per heavy atom. The zero-order valence-electron chi connectivity index (χ0n) is 20.4. The zero-order valence-corrected chi connectivity index (χ0v) is 20.4. The number of H-pyrrole nitrogens is 2. The molecule has 0 radical (unpaired) electrons. The molecule has 0 saturated heterocycles. The minimum Gasteiger partial charge on any atom is -0.497 e. The van der Waals surface area contributed by atoms with Crippen LogP contribution in [0.25, 0.3) is 17.2 Å². The van der Waals surface area contributed by atoms with E-state index in [0.717, 1.165) is 4.68 Å². The van der Waals surface area contributed by atoms with Crippen LogP contribution in [-0.4, -0.2) is 49.1 Å². The predicted molar refractivity (Wildman–Crippen MR) is 132 cm³/mol. The van der Waals surface area contributed by atoms with E-state index in [2.05, 4.69) is 35.5 Å². The highest BCUT2D eigenvalue weighted by Gasteiger charge is 2.27. The minimum absolute atomic E-state index is 0.00660. The first-order valence-electron chi connectivity index (χ1n) is 11.2. The van der Waals surface area contributed by atoms with Gasteiger partial charge in [-0.2, -0.15) is 9.67 Å². The first-order valence-corrected chi connectivity index (χ1v) is 11.2. The number of rotatable bonds is 8.